The molecule has 9 heteroatoms. The summed E-state index contributed by atoms with van der Waals surface area (Å²) in [6.45, 7) is 4.39. The Bertz CT molecular complexity index is 1020. The molecule has 2 heterocycles. The molecule has 2 aromatic rings. The number of likely N-dealkylation sites (tertiary alicyclic amines) is 1. The van der Waals surface area contributed by atoms with Gasteiger partial charge in [0.25, 0.3) is 0 Å². The first-order chi connectivity index (χ1) is 15.8. The fourth-order valence-corrected chi connectivity index (χ4v) is 4.68. The van der Waals surface area contributed by atoms with Crippen LogP contribution in [0.3, 0.4) is 0 Å². The zero-order valence-electron chi connectivity index (χ0n) is 19.0. The summed E-state index contributed by atoms with van der Waals surface area (Å²) in [7, 11) is 1.33. The fourth-order valence-electron chi connectivity index (χ4n) is 4.02. The zero-order chi connectivity index (χ0) is 24.0. The average molecular weight is 474 g/mol. The van der Waals surface area contributed by atoms with E-state index in [1.807, 2.05) is 0 Å². The molecule has 1 fully saturated rings. The van der Waals surface area contributed by atoms with Crippen LogP contribution < -0.4 is 0 Å². The third kappa shape index (κ3) is 6.60. The van der Waals surface area contributed by atoms with Crippen molar-refractivity contribution in [2.75, 3.05) is 26.0 Å². The maximum Gasteiger partial charge on any atom is 0.316 e. The van der Waals surface area contributed by atoms with Crippen LogP contribution in [0.4, 0.5) is 4.39 Å². The third-order valence-electron chi connectivity index (χ3n) is 5.63. The average Bonchev–Trinajstić information content (AvgIpc) is 2.82. The fraction of sp³-hybridized carbons (Fsp3) is 0.458. The van der Waals surface area contributed by atoms with Crippen molar-refractivity contribution in [1.29, 1.82) is 0 Å². The molecule has 1 aromatic heterocycles. The highest BCUT2D eigenvalue weighted by molar-refractivity contribution is 7.99. The van der Waals surface area contributed by atoms with Crippen molar-refractivity contribution in [3.05, 3.63) is 42.0 Å². The number of benzene rings is 1. The van der Waals surface area contributed by atoms with E-state index in [4.69, 9.17) is 9.72 Å². The first-order valence-corrected chi connectivity index (χ1v) is 11.9. The molecule has 0 saturated carbocycles. The normalized spacial score (nSPS) is 16.8. The van der Waals surface area contributed by atoms with E-state index in [9.17, 15) is 18.8 Å². The number of Topliss-reactive ketones (excluding diaryl/α,β-unsaturated/α-hetero) is 1. The van der Waals surface area contributed by atoms with Crippen LogP contribution in [-0.4, -0.2) is 58.5 Å². The number of piperidine rings is 1. The molecule has 0 bridgehead atoms. The summed E-state index contributed by atoms with van der Waals surface area (Å²) in [5, 5.41) is 0.439. The molecule has 0 radical (unpaired) electrons. The summed E-state index contributed by atoms with van der Waals surface area (Å²) >= 11 is 1.18. The Balaban J connectivity index is 1.90. The number of rotatable bonds is 8. The van der Waals surface area contributed by atoms with Crippen LogP contribution in [0.25, 0.3) is 11.1 Å². The first kappa shape index (κ1) is 24.8. The van der Waals surface area contributed by atoms with Gasteiger partial charge in [-0.05, 0) is 37.5 Å². The van der Waals surface area contributed by atoms with E-state index in [-0.39, 0.29) is 47.5 Å². The van der Waals surface area contributed by atoms with Crippen molar-refractivity contribution >= 4 is 29.4 Å². The number of carbonyl (C=O) groups is 3. The van der Waals surface area contributed by atoms with Gasteiger partial charge >= 0.3 is 5.97 Å². The van der Waals surface area contributed by atoms with Crippen LogP contribution in [0.5, 0.6) is 0 Å². The molecule has 7 nitrogen and oxygen atoms in total. The Labute approximate surface area is 197 Å². The lowest BCUT2D eigenvalue weighted by Crippen LogP contribution is -2.42. The number of aromatic nitrogens is 2. The second kappa shape index (κ2) is 11.4. The standard InChI is InChI=1S/C24H28FN3O4S/c1-15(11-16(2)29)23(31)28-10-4-5-18(13-28)22-20(17-6-8-19(25)9-7-17)12-26-24(27-22)33-14-21(30)32-3/h6-9,12,15,18H,4-5,10-11,13-14H2,1-3H3. The van der Waals surface area contributed by atoms with Crippen LogP contribution in [0.1, 0.15) is 44.7 Å². The number of hydrogen-bond donors (Lipinski definition) is 0. The summed E-state index contributed by atoms with van der Waals surface area (Å²) in [6.07, 6.45) is 3.55. The van der Waals surface area contributed by atoms with Gasteiger partial charge in [-0.25, -0.2) is 14.4 Å². The molecule has 1 amide bonds. The van der Waals surface area contributed by atoms with Gasteiger partial charge < -0.3 is 14.4 Å². The molecule has 2 unspecified atom stereocenters. The van der Waals surface area contributed by atoms with Gasteiger partial charge in [-0.1, -0.05) is 30.8 Å². The summed E-state index contributed by atoms with van der Waals surface area (Å²) in [5.74, 6) is -1.08. The Morgan fingerprint density at radius 1 is 1.27 bits per heavy atom. The number of esters is 1. The SMILES string of the molecule is COC(=O)CSc1ncc(-c2ccc(F)cc2)c(C2CCCN(C(=O)C(C)CC(C)=O)C2)n1. The Hall–Kier alpha value is -2.81. The highest BCUT2D eigenvalue weighted by Gasteiger charge is 2.30. The van der Waals surface area contributed by atoms with Crippen molar-refractivity contribution < 1.29 is 23.5 Å². The number of carbonyl (C=O) groups excluding carboxylic acids is 3. The van der Waals surface area contributed by atoms with Crippen molar-refractivity contribution in [2.45, 2.75) is 44.2 Å². The lowest BCUT2D eigenvalue weighted by atomic mass is 9.89. The van der Waals surface area contributed by atoms with E-state index in [2.05, 4.69) is 4.98 Å². The second-order valence-corrected chi connectivity index (χ2v) is 9.20. The molecule has 0 spiro atoms. The maximum atomic E-state index is 13.5. The van der Waals surface area contributed by atoms with E-state index in [0.717, 1.165) is 29.7 Å². The number of thioether (sulfide) groups is 1. The van der Waals surface area contributed by atoms with Gasteiger partial charge in [-0.2, -0.15) is 0 Å². The number of ether oxygens (including phenoxy) is 1. The van der Waals surface area contributed by atoms with Crippen molar-refractivity contribution in [3.8, 4) is 11.1 Å². The number of halogens is 1. The predicted octanol–water partition coefficient (Wildman–Crippen LogP) is 3.87. The van der Waals surface area contributed by atoms with E-state index < -0.39 is 0 Å². The molecule has 0 N–H and O–H groups in total. The molecule has 1 aliphatic heterocycles. The minimum Gasteiger partial charge on any atom is -0.468 e. The minimum atomic E-state index is -0.373. The summed E-state index contributed by atoms with van der Waals surface area (Å²) in [6, 6.07) is 6.14. The molecule has 2 atom stereocenters. The topological polar surface area (TPSA) is 89.5 Å². The molecule has 1 saturated heterocycles. The Morgan fingerprint density at radius 2 is 2.00 bits per heavy atom. The lowest BCUT2D eigenvalue weighted by molar-refractivity contribution is -0.138. The van der Waals surface area contributed by atoms with Gasteiger partial charge in [-0.15, -0.1) is 0 Å². The van der Waals surface area contributed by atoms with Crippen LogP contribution in [-0.2, 0) is 19.1 Å². The molecule has 33 heavy (non-hydrogen) atoms. The molecular weight excluding hydrogens is 445 g/mol. The number of amides is 1. The number of nitrogens with zero attached hydrogens (tertiary/aromatic N) is 3. The van der Waals surface area contributed by atoms with Gasteiger partial charge in [0.15, 0.2) is 5.16 Å². The lowest BCUT2D eigenvalue weighted by Gasteiger charge is -2.34. The van der Waals surface area contributed by atoms with E-state index in [1.54, 1.807) is 30.2 Å². The van der Waals surface area contributed by atoms with E-state index in [1.165, 1.54) is 37.9 Å². The van der Waals surface area contributed by atoms with Gasteiger partial charge in [0.1, 0.15) is 11.6 Å². The quantitative estimate of drug-likeness (QED) is 0.327. The van der Waals surface area contributed by atoms with Gasteiger partial charge in [0, 0.05) is 43.1 Å². The highest BCUT2D eigenvalue weighted by atomic mass is 32.2. The summed E-state index contributed by atoms with van der Waals surface area (Å²) in [5.41, 5.74) is 2.32. The highest BCUT2D eigenvalue weighted by Crippen LogP contribution is 2.34. The van der Waals surface area contributed by atoms with Crippen molar-refractivity contribution in [1.82, 2.24) is 14.9 Å². The maximum absolute atomic E-state index is 13.5. The zero-order valence-corrected chi connectivity index (χ0v) is 19.9. The van der Waals surface area contributed by atoms with Crippen LogP contribution >= 0.6 is 11.8 Å². The van der Waals surface area contributed by atoms with Crippen LogP contribution in [0, 0.1) is 11.7 Å². The van der Waals surface area contributed by atoms with Crippen LogP contribution in [0.15, 0.2) is 35.6 Å². The Kier molecular flexibility index (Phi) is 8.55. The summed E-state index contributed by atoms with van der Waals surface area (Å²) in [4.78, 5) is 46.9. The van der Waals surface area contributed by atoms with Gasteiger partial charge in [0.2, 0.25) is 5.91 Å². The first-order valence-electron chi connectivity index (χ1n) is 10.9. The van der Waals surface area contributed by atoms with Crippen molar-refractivity contribution in [3.63, 3.8) is 0 Å². The third-order valence-corrected chi connectivity index (χ3v) is 6.47. The van der Waals surface area contributed by atoms with Gasteiger partial charge in [-0.3, -0.25) is 9.59 Å². The Morgan fingerprint density at radius 3 is 2.67 bits per heavy atom. The molecule has 176 valence electrons. The smallest absolute Gasteiger partial charge is 0.316 e. The molecule has 0 aliphatic carbocycles. The molecule has 1 aliphatic rings. The number of methoxy groups -OCH3 is 1. The summed E-state index contributed by atoms with van der Waals surface area (Å²) < 4.78 is 18.2. The molecule has 1 aromatic carbocycles. The monoisotopic (exact) mass is 473 g/mol. The largest absolute Gasteiger partial charge is 0.468 e. The van der Waals surface area contributed by atoms with Crippen LogP contribution in [0.2, 0.25) is 0 Å². The number of hydrogen-bond acceptors (Lipinski definition) is 7. The predicted molar refractivity (Wildman–Crippen MR) is 123 cm³/mol. The van der Waals surface area contributed by atoms with Gasteiger partial charge in [0.05, 0.1) is 18.6 Å². The molecular formula is C24H28FN3O4S. The second-order valence-electron chi connectivity index (χ2n) is 8.25. The van der Waals surface area contributed by atoms with E-state index >= 15 is 0 Å². The minimum absolute atomic E-state index is 0.00826. The van der Waals surface area contributed by atoms with Crippen molar-refractivity contribution in [2.24, 2.45) is 5.92 Å². The molecule has 3 rings (SSSR count). The number of ketones is 1. The van der Waals surface area contributed by atoms with E-state index in [0.29, 0.717) is 18.2 Å².